The lowest BCUT2D eigenvalue weighted by Crippen LogP contribution is -2.30. The molecule has 0 aliphatic carbocycles. The van der Waals surface area contributed by atoms with Gasteiger partial charge in [-0.2, -0.15) is 0 Å². The van der Waals surface area contributed by atoms with E-state index in [4.69, 9.17) is 25.6 Å². The molecule has 1 heterocycles. The molecule has 0 atom stereocenters. The maximum absolute atomic E-state index is 13.3. The zero-order valence-corrected chi connectivity index (χ0v) is 19.1. The summed E-state index contributed by atoms with van der Waals surface area (Å²) in [7, 11) is 3.18. The van der Waals surface area contributed by atoms with E-state index in [0.717, 1.165) is 11.1 Å². The first-order chi connectivity index (χ1) is 16.1. The molecular formula is C26H23ClN2O4. The number of hydrogen-bond acceptors (Lipinski definition) is 5. The third-order valence-electron chi connectivity index (χ3n) is 5.18. The van der Waals surface area contributed by atoms with Crippen LogP contribution in [0.5, 0.6) is 11.5 Å². The molecule has 0 aliphatic heterocycles. The van der Waals surface area contributed by atoms with Crippen molar-refractivity contribution < 1.29 is 18.8 Å². The highest BCUT2D eigenvalue weighted by atomic mass is 35.5. The molecule has 6 nitrogen and oxygen atoms in total. The number of nitrogens with zero attached hydrogens (tertiary/aromatic N) is 2. The SMILES string of the molecule is COc1ccc(-c2cc(CN(Cc3ccccc3)C(=O)c3ccc(Cl)cc3)no2)c(OC)c1. The quantitative estimate of drug-likeness (QED) is 0.328. The predicted octanol–water partition coefficient (Wildman–Crippen LogP) is 5.85. The summed E-state index contributed by atoms with van der Waals surface area (Å²) in [6.45, 7) is 0.703. The van der Waals surface area contributed by atoms with Crippen LogP contribution < -0.4 is 9.47 Å². The van der Waals surface area contributed by atoms with Gasteiger partial charge in [0.2, 0.25) is 0 Å². The fraction of sp³-hybridized carbons (Fsp3) is 0.154. The van der Waals surface area contributed by atoms with Gasteiger partial charge in [0, 0.05) is 29.3 Å². The minimum atomic E-state index is -0.123. The fourth-order valence-corrected chi connectivity index (χ4v) is 3.62. The van der Waals surface area contributed by atoms with E-state index in [2.05, 4.69) is 5.16 Å². The summed E-state index contributed by atoms with van der Waals surface area (Å²) in [6.07, 6.45) is 0. The van der Waals surface area contributed by atoms with Crippen LogP contribution in [0.1, 0.15) is 21.6 Å². The van der Waals surface area contributed by atoms with E-state index in [1.165, 1.54) is 0 Å². The summed E-state index contributed by atoms with van der Waals surface area (Å²) in [6, 6.07) is 23.9. The van der Waals surface area contributed by atoms with Gasteiger partial charge in [-0.1, -0.05) is 47.1 Å². The number of aromatic nitrogens is 1. The highest BCUT2D eigenvalue weighted by Crippen LogP contribution is 2.34. The van der Waals surface area contributed by atoms with Crippen LogP contribution in [0, 0.1) is 0 Å². The summed E-state index contributed by atoms with van der Waals surface area (Å²) in [5.41, 5.74) is 2.94. The molecule has 0 N–H and O–H groups in total. The number of carbonyl (C=O) groups excluding carboxylic acids is 1. The number of benzene rings is 3. The van der Waals surface area contributed by atoms with Crippen LogP contribution in [0.25, 0.3) is 11.3 Å². The lowest BCUT2D eigenvalue weighted by molar-refractivity contribution is 0.0726. The molecular weight excluding hydrogens is 440 g/mol. The van der Waals surface area contributed by atoms with E-state index < -0.39 is 0 Å². The molecule has 0 aliphatic rings. The predicted molar refractivity (Wildman–Crippen MR) is 127 cm³/mol. The van der Waals surface area contributed by atoms with Gasteiger partial charge < -0.3 is 18.9 Å². The van der Waals surface area contributed by atoms with E-state index in [0.29, 0.717) is 40.1 Å². The maximum Gasteiger partial charge on any atom is 0.254 e. The lowest BCUT2D eigenvalue weighted by atomic mass is 10.1. The maximum atomic E-state index is 13.3. The number of halogens is 1. The van der Waals surface area contributed by atoms with E-state index in [-0.39, 0.29) is 12.5 Å². The van der Waals surface area contributed by atoms with Crippen LogP contribution in [0.3, 0.4) is 0 Å². The molecule has 1 aromatic heterocycles. The average Bonchev–Trinajstić information content (AvgIpc) is 3.32. The van der Waals surface area contributed by atoms with Crippen molar-refractivity contribution in [1.29, 1.82) is 0 Å². The first-order valence-electron chi connectivity index (χ1n) is 10.3. The second-order valence-corrected chi connectivity index (χ2v) is 7.84. The van der Waals surface area contributed by atoms with Gasteiger partial charge in [0.25, 0.3) is 5.91 Å². The Labute approximate surface area is 197 Å². The monoisotopic (exact) mass is 462 g/mol. The number of ether oxygens (including phenoxy) is 2. The van der Waals surface area contributed by atoms with Crippen molar-refractivity contribution in [2.45, 2.75) is 13.1 Å². The first-order valence-corrected chi connectivity index (χ1v) is 10.7. The molecule has 0 saturated carbocycles. The normalized spacial score (nSPS) is 10.6. The number of rotatable bonds is 8. The second kappa shape index (κ2) is 10.2. The first kappa shape index (κ1) is 22.4. The Bertz CT molecular complexity index is 1220. The highest BCUT2D eigenvalue weighted by molar-refractivity contribution is 6.30. The van der Waals surface area contributed by atoms with E-state index in [9.17, 15) is 4.79 Å². The second-order valence-electron chi connectivity index (χ2n) is 7.40. The Kier molecular flexibility index (Phi) is 6.95. The topological polar surface area (TPSA) is 64.8 Å². The summed E-state index contributed by atoms with van der Waals surface area (Å²) < 4.78 is 16.3. The summed E-state index contributed by atoms with van der Waals surface area (Å²) in [5, 5.41) is 4.78. The molecule has 4 aromatic rings. The van der Waals surface area contributed by atoms with Crippen LogP contribution in [-0.4, -0.2) is 30.2 Å². The third kappa shape index (κ3) is 5.35. The number of methoxy groups -OCH3 is 2. The average molecular weight is 463 g/mol. The molecule has 4 rings (SSSR count). The number of carbonyl (C=O) groups is 1. The fourth-order valence-electron chi connectivity index (χ4n) is 3.49. The molecule has 0 fully saturated rings. The Hall–Kier alpha value is -3.77. The van der Waals surface area contributed by atoms with Gasteiger partial charge in [-0.05, 0) is 42.0 Å². The number of amides is 1. The van der Waals surface area contributed by atoms with Crippen LogP contribution in [0.15, 0.2) is 83.4 Å². The Morgan fingerprint density at radius 1 is 0.939 bits per heavy atom. The van der Waals surface area contributed by atoms with Gasteiger partial charge in [-0.15, -0.1) is 0 Å². The molecule has 1 amide bonds. The van der Waals surface area contributed by atoms with Gasteiger partial charge in [-0.25, -0.2) is 0 Å². The Morgan fingerprint density at radius 2 is 1.70 bits per heavy atom. The minimum Gasteiger partial charge on any atom is -0.497 e. The molecule has 7 heteroatoms. The van der Waals surface area contributed by atoms with Crippen molar-refractivity contribution in [3.8, 4) is 22.8 Å². The van der Waals surface area contributed by atoms with Crippen molar-refractivity contribution in [2.75, 3.05) is 14.2 Å². The molecule has 0 bridgehead atoms. The highest BCUT2D eigenvalue weighted by Gasteiger charge is 2.20. The molecule has 0 radical (unpaired) electrons. The van der Waals surface area contributed by atoms with Gasteiger partial charge >= 0.3 is 0 Å². The van der Waals surface area contributed by atoms with Gasteiger partial charge in [0.1, 0.15) is 17.2 Å². The van der Waals surface area contributed by atoms with Crippen molar-refractivity contribution in [2.24, 2.45) is 0 Å². The van der Waals surface area contributed by atoms with Crippen LogP contribution >= 0.6 is 11.6 Å². The van der Waals surface area contributed by atoms with E-state index in [1.807, 2.05) is 48.5 Å². The molecule has 3 aromatic carbocycles. The van der Waals surface area contributed by atoms with Crippen molar-refractivity contribution in [1.82, 2.24) is 10.1 Å². The van der Waals surface area contributed by atoms with Crippen LogP contribution in [-0.2, 0) is 13.1 Å². The molecule has 168 valence electrons. The van der Waals surface area contributed by atoms with Gasteiger partial charge in [0.05, 0.1) is 26.3 Å². The summed E-state index contributed by atoms with van der Waals surface area (Å²) >= 11 is 5.99. The van der Waals surface area contributed by atoms with Gasteiger partial charge in [0.15, 0.2) is 5.76 Å². The smallest absolute Gasteiger partial charge is 0.254 e. The Balaban J connectivity index is 1.61. The van der Waals surface area contributed by atoms with Crippen molar-refractivity contribution in [3.05, 3.63) is 101 Å². The van der Waals surface area contributed by atoms with Crippen LogP contribution in [0.4, 0.5) is 0 Å². The summed E-state index contributed by atoms with van der Waals surface area (Å²) in [4.78, 5) is 15.0. The molecule has 0 unspecified atom stereocenters. The number of hydrogen-bond donors (Lipinski definition) is 0. The summed E-state index contributed by atoms with van der Waals surface area (Å²) in [5.74, 6) is 1.71. The lowest BCUT2D eigenvalue weighted by Gasteiger charge is -2.22. The molecule has 0 spiro atoms. The van der Waals surface area contributed by atoms with Crippen molar-refractivity contribution in [3.63, 3.8) is 0 Å². The van der Waals surface area contributed by atoms with Crippen molar-refractivity contribution >= 4 is 17.5 Å². The van der Waals surface area contributed by atoms with Crippen LogP contribution in [0.2, 0.25) is 5.02 Å². The zero-order chi connectivity index (χ0) is 23.2. The minimum absolute atomic E-state index is 0.123. The standard InChI is InChI=1S/C26H23ClN2O4/c1-31-22-12-13-23(24(15-22)32-2)25-14-21(28-33-25)17-29(16-18-6-4-3-5-7-18)26(30)19-8-10-20(27)11-9-19/h3-15H,16-17H2,1-2H3. The molecule has 33 heavy (non-hydrogen) atoms. The van der Waals surface area contributed by atoms with Gasteiger partial charge in [-0.3, -0.25) is 4.79 Å². The van der Waals surface area contributed by atoms with E-state index >= 15 is 0 Å². The Morgan fingerprint density at radius 3 is 2.39 bits per heavy atom. The zero-order valence-electron chi connectivity index (χ0n) is 18.3. The largest absolute Gasteiger partial charge is 0.497 e. The third-order valence-corrected chi connectivity index (χ3v) is 5.43. The molecule has 0 saturated heterocycles. The van der Waals surface area contributed by atoms with E-state index in [1.54, 1.807) is 49.5 Å².